The Hall–Kier alpha value is 0.250. The molecule has 2 rings (SSSR count). The van der Waals surface area contributed by atoms with Gasteiger partial charge in [0.15, 0.2) is 5.17 Å². The van der Waals surface area contributed by atoms with E-state index in [1.165, 1.54) is 9.99 Å². The number of hydrogen-bond donors (Lipinski definition) is 1. The van der Waals surface area contributed by atoms with Crippen molar-refractivity contribution in [3.8, 4) is 0 Å². The molecule has 0 saturated heterocycles. The summed E-state index contributed by atoms with van der Waals surface area (Å²) in [5, 5.41) is 4.44. The number of halogens is 2. The van der Waals surface area contributed by atoms with Gasteiger partial charge in [-0.05, 0) is 69.1 Å². The summed E-state index contributed by atoms with van der Waals surface area (Å²) in [5.41, 5.74) is 1.10. The molecule has 5 heteroatoms. The molecule has 1 heterocycles. The van der Waals surface area contributed by atoms with Crippen molar-refractivity contribution in [2.24, 2.45) is 10.9 Å². The van der Waals surface area contributed by atoms with Crippen LogP contribution in [0.2, 0.25) is 0 Å². The molecule has 0 bridgehead atoms. The fourth-order valence-electron chi connectivity index (χ4n) is 1.85. The van der Waals surface area contributed by atoms with Gasteiger partial charge in [0, 0.05) is 19.5 Å². The maximum absolute atomic E-state index is 4.73. The number of thioether (sulfide) groups is 1. The van der Waals surface area contributed by atoms with Gasteiger partial charge < -0.3 is 5.32 Å². The Labute approximate surface area is 135 Å². The fourth-order valence-corrected chi connectivity index (χ4v) is 3.53. The van der Waals surface area contributed by atoms with Crippen LogP contribution in [0.25, 0.3) is 0 Å². The Morgan fingerprint density at radius 3 is 3.00 bits per heavy atom. The van der Waals surface area contributed by atoms with E-state index in [9.17, 15) is 0 Å². The third kappa shape index (κ3) is 4.13. The fraction of sp³-hybridized carbons (Fsp3) is 0.462. The molecule has 1 aliphatic rings. The Balaban J connectivity index is 1.99. The summed E-state index contributed by atoms with van der Waals surface area (Å²) in [6, 6.07) is 6.76. The summed E-state index contributed by atoms with van der Waals surface area (Å²) in [6.07, 6.45) is 1.18. The van der Waals surface area contributed by atoms with Gasteiger partial charge in [0.25, 0.3) is 0 Å². The monoisotopic (exact) mass is 438 g/mol. The topological polar surface area (TPSA) is 24.4 Å². The maximum atomic E-state index is 4.73. The molecule has 2 nitrogen and oxygen atoms in total. The van der Waals surface area contributed by atoms with Crippen LogP contribution in [-0.2, 0) is 0 Å². The molecule has 0 spiro atoms. The van der Waals surface area contributed by atoms with Gasteiger partial charge in [-0.1, -0.05) is 25.6 Å². The smallest absolute Gasteiger partial charge is 0.161 e. The van der Waals surface area contributed by atoms with E-state index in [2.05, 4.69) is 75.9 Å². The number of anilines is 1. The number of hydrogen-bond acceptors (Lipinski definition) is 3. The number of aliphatic imine (C=N–C) groups is 1. The number of amidine groups is 1. The molecule has 18 heavy (non-hydrogen) atoms. The van der Waals surface area contributed by atoms with Crippen LogP contribution in [-0.4, -0.2) is 17.0 Å². The molecule has 0 radical (unpaired) electrons. The van der Waals surface area contributed by atoms with Gasteiger partial charge in [-0.3, -0.25) is 4.99 Å². The van der Waals surface area contributed by atoms with E-state index in [0.717, 1.165) is 21.1 Å². The molecule has 0 aromatic heterocycles. The normalized spacial score (nSPS) is 19.2. The average Bonchev–Trinajstić information content (AvgIpc) is 2.70. The van der Waals surface area contributed by atoms with Crippen molar-refractivity contribution in [1.29, 1.82) is 0 Å². The van der Waals surface area contributed by atoms with Gasteiger partial charge in [-0.2, -0.15) is 0 Å². The molecule has 0 amide bonds. The van der Waals surface area contributed by atoms with Crippen molar-refractivity contribution in [1.82, 2.24) is 0 Å². The average molecular weight is 439 g/mol. The lowest BCUT2D eigenvalue weighted by atomic mass is 10.1. The van der Waals surface area contributed by atoms with Crippen LogP contribution < -0.4 is 5.32 Å². The van der Waals surface area contributed by atoms with Crippen LogP contribution in [0.1, 0.15) is 20.3 Å². The Bertz CT molecular complexity index is 462. The molecule has 1 aliphatic heterocycles. The predicted octanol–water partition coefficient (Wildman–Crippen LogP) is 4.98. The van der Waals surface area contributed by atoms with Gasteiger partial charge in [-0.25, -0.2) is 0 Å². The highest BCUT2D eigenvalue weighted by atomic mass is 127. The maximum Gasteiger partial charge on any atom is 0.161 e. The minimum Gasteiger partial charge on any atom is -0.335 e. The lowest BCUT2D eigenvalue weighted by Gasteiger charge is -2.07. The lowest BCUT2D eigenvalue weighted by molar-refractivity contribution is 0.529. The molecule has 0 fully saturated rings. The zero-order valence-corrected chi connectivity index (χ0v) is 15.0. The molecular formula is C13H16BrIN2S. The van der Waals surface area contributed by atoms with E-state index in [0.29, 0.717) is 12.0 Å². The van der Waals surface area contributed by atoms with Crippen molar-refractivity contribution in [3.63, 3.8) is 0 Å². The standard InChI is InChI=1S/C13H16BrIN2S/c1-8(2)5-10-7-18-13(17-10)16-9-3-4-12(15)11(14)6-9/h3-4,6,8,10H,5,7H2,1-2H3,(H,16,17). The van der Waals surface area contributed by atoms with Crippen LogP contribution in [0.15, 0.2) is 27.7 Å². The molecule has 1 atom stereocenters. The van der Waals surface area contributed by atoms with Crippen molar-refractivity contribution in [2.45, 2.75) is 26.3 Å². The molecule has 1 aromatic rings. The number of nitrogens with zero attached hydrogens (tertiary/aromatic N) is 1. The lowest BCUT2D eigenvalue weighted by Crippen LogP contribution is -2.08. The largest absolute Gasteiger partial charge is 0.335 e. The minimum absolute atomic E-state index is 0.477. The number of rotatable bonds is 3. The Kier molecular flexibility index (Phi) is 5.38. The van der Waals surface area contributed by atoms with E-state index >= 15 is 0 Å². The second kappa shape index (κ2) is 6.61. The first kappa shape index (κ1) is 14.7. The van der Waals surface area contributed by atoms with Crippen LogP contribution >= 0.6 is 50.3 Å². The summed E-state index contributed by atoms with van der Waals surface area (Å²) >= 11 is 7.68. The van der Waals surface area contributed by atoms with E-state index in [4.69, 9.17) is 4.99 Å². The van der Waals surface area contributed by atoms with Gasteiger partial charge in [0.1, 0.15) is 0 Å². The van der Waals surface area contributed by atoms with Gasteiger partial charge in [0.05, 0.1) is 6.04 Å². The van der Waals surface area contributed by atoms with Crippen molar-refractivity contribution >= 4 is 61.1 Å². The first-order valence-corrected chi connectivity index (χ1v) is 8.83. The molecule has 1 aromatic carbocycles. The van der Waals surface area contributed by atoms with Crippen LogP contribution in [0, 0.1) is 9.49 Å². The molecule has 0 saturated carbocycles. The third-order valence-corrected chi connectivity index (χ3v) is 6.00. The van der Waals surface area contributed by atoms with Crippen molar-refractivity contribution in [3.05, 3.63) is 26.2 Å². The second-order valence-electron chi connectivity index (χ2n) is 4.78. The number of benzene rings is 1. The molecule has 1 N–H and O–H groups in total. The summed E-state index contributed by atoms with van der Waals surface area (Å²) in [7, 11) is 0. The predicted molar refractivity (Wildman–Crippen MR) is 93.6 cm³/mol. The van der Waals surface area contributed by atoms with Crippen LogP contribution in [0.3, 0.4) is 0 Å². The molecule has 1 unspecified atom stereocenters. The van der Waals surface area contributed by atoms with E-state index in [-0.39, 0.29) is 0 Å². The van der Waals surface area contributed by atoms with E-state index in [1.807, 2.05) is 11.8 Å². The molecule has 0 aliphatic carbocycles. The first-order valence-electron chi connectivity index (χ1n) is 5.97. The zero-order chi connectivity index (χ0) is 13.1. The van der Waals surface area contributed by atoms with Crippen molar-refractivity contribution < 1.29 is 0 Å². The zero-order valence-electron chi connectivity index (χ0n) is 10.4. The third-order valence-electron chi connectivity index (χ3n) is 2.63. The van der Waals surface area contributed by atoms with Gasteiger partial charge in [-0.15, -0.1) is 0 Å². The highest BCUT2D eigenvalue weighted by Crippen LogP contribution is 2.27. The first-order chi connectivity index (χ1) is 8.54. The van der Waals surface area contributed by atoms with Crippen molar-refractivity contribution in [2.75, 3.05) is 11.1 Å². The Morgan fingerprint density at radius 1 is 1.56 bits per heavy atom. The minimum atomic E-state index is 0.477. The Morgan fingerprint density at radius 2 is 2.33 bits per heavy atom. The second-order valence-corrected chi connectivity index (χ2v) is 7.81. The van der Waals surface area contributed by atoms with E-state index < -0.39 is 0 Å². The number of nitrogens with one attached hydrogen (secondary N) is 1. The van der Waals surface area contributed by atoms with Crippen LogP contribution in [0.5, 0.6) is 0 Å². The van der Waals surface area contributed by atoms with Crippen LogP contribution in [0.4, 0.5) is 5.69 Å². The summed E-state index contributed by atoms with van der Waals surface area (Å²) < 4.78 is 2.34. The summed E-state index contributed by atoms with van der Waals surface area (Å²) in [6.45, 7) is 4.50. The van der Waals surface area contributed by atoms with E-state index in [1.54, 1.807) is 0 Å². The summed E-state index contributed by atoms with van der Waals surface area (Å²) in [5.74, 6) is 1.82. The van der Waals surface area contributed by atoms with Gasteiger partial charge in [0.2, 0.25) is 0 Å². The summed E-state index contributed by atoms with van der Waals surface area (Å²) in [4.78, 5) is 4.73. The SMILES string of the molecule is CC(C)CC1CSC(Nc2ccc(I)c(Br)c2)=N1. The quantitative estimate of drug-likeness (QED) is 0.672. The highest BCUT2D eigenvalue weighted by Gasteiger charge is 2.19. The molecule has 98 valence electrons. The van der Waals surface area contributed by atoms with Gasteiger partial charge >= 0.3 is 0 Å². The highest BCUT2D eigenvalue weighted by molar-refractivity contribution is 14.1. The molecular weight excluding hydrogens is 423 g/mol.